The molecule has 0 aliphatic heterocycles. The third-order valence-corrected chi connectivity index (χ3v) is 1.82. The summed E-state index contributed by atoms with van der Waals surface area (Å²) >= 11 is 0. The maximum absolute atomic E-state index is 13.2. The van der Waals surface area contributed by atoms with Crippen LogP contribution in [0.4, 0.5) is 8.78 Å². The van der Waals surface area contributed by atoms with E-state index in [1.807, 2.05) is 0 Å². The van der Waals surface area contributed by atoms with Gasteiger partial charge in [0.05, 0.1) is 7.11 Å². The van der Waals surface area contributed by atoms with Crippen LogP contribution < -0.4 is 10.5 Å². The van der Waals surface area contributed by atoms with Gasteiger partial charge in [-0.3, -0.25) is 0 Å². The molecule has 0 saturated heterocycles. The Bertz CT molecular complexity index is 303. The van der Waals surface area contributed by atoms with Crippen LogP contribution in [0, 0.1) is 11.6 Å². The van der Waals surface area contributed by atoms with Gasteiger partial charge < -0.3 is 10.5 Å². The molecule has 78 valence electrons. The van der Waals surface area contributed by atoms with Crippen molar-refractivity contribution in [3.05, 3.63) is 29.3 Å². The molecule has 0 radical (unpaired) electrons. The van der Waals surface area contributed by atoms with Crippen LogP contribution in [0.5, 0.6) is 5.75 Å². The summed E-state index contributed by atoms with van der Waals surface area (Å²) in [4.78, 5) is 0. The van der Waals surface area contributed by atoms with Crippen molar-refractivity contribution in [3.63, 3.8) is 0 Å². The zero-order valence-electron chi connectivity index (χ0n) is 8.18. The van der Waals surface area contributed by atoms with E-state index in [9.17, 15) is 8.78 Å². The van der Waals surface area contributed by atoms with E-state index >= 15 is 0 Å². The summed E-state index contributed by atoms with van der Waals surface area (Å²) in [5, 5.41) is 0. The second-order valence-electron chi connectivity index (χ2n) is 3.27. The second kappa shape index (κ2) is 4.37. The van der Waals surface area contributed by atoms with Gasteiger partial charge in [0.15, 0.2) is 17.4 Å². The molecule has 1 rings (SSSR count). The molecule has 14 heavy (non-hydrogen) atoms. The summed E-state index contributed by atoms with van der Waals surface area (Å²) < 4.78 is 30.9. The first kappa shape index (κ1) is 10.9. The lowest BCUT2D eigenvalue weighted by molar-refractivity contribution is 0.359. The Morgan fingerprint density at radius 2 is 1.86 bits per heavy atom. The Morgan fingerprint density at radius 1 is 1.36 bits per heavy atom. The quantitative estimate of drug-likeness (QED) is 0.810. The number of benzene rings is 1. The third-order valence-electron chi connectivity index (χ3n) is 1.82. The number of methoxy groups -OCH3 is 1. The van der Waals surface area contributed by atoms with Crippen LogP contribution in [0.2, 0.25) is 0 Å². The van der Waals surface area contributed by atoms with Crippen LogP contribution in [0.1, 0.15) is 12.5 Å². The molecule has 2 nitrogen and oxygen atoms in total. The lowest BCUT2D eigenvalue weighted by atomic mass is 10.1. The number of nitrogens with two attached hydrogens (primary N) is 1. The Labute approximate surface area is 81.7 Å². The van der Waals surface area contributed by atoms with Crippen molar-refractivity contribution >= 4 is 0 Å². The zero-order valence-corrected chi connectivity index (χ0v) is 8.18. The van der Waals surface area contributed by atoms with Gasteiger partial charge in [0.1, 0.15) is 0 Å². The van der Waals surface area contributed by atoms with Crippen molar-refractivity contribution in [2.24, 2.45) is 5.73 Å². The summed E-state index contributed by atoms with van der Waals surface area (Å²) in [6.07, 6.45) is 0.442. The minimum atomic E-state index is -0.692. The number of hydrogen-bond acceptors (Lipinski definition) is 2. The van der Waals surface area contributed by atoms with Gasteiger partial charge in [0, 0.05) is 6.04 Å². The third kappa shape index (κ3) is 2.42. The van der Waals surface area contributed by atoms with Crippen LogP contribution >= 0.6 is 0 Å². The van der Waals surface area contributed by atoms with Gasteiger partial charge in [-0.05, 0) is 31.0 Å². The second-order valence-corrected chi connectivity index (χ2v) is 3.27. The van der Waals surface area contributed by atoms with Crippen LogP contribution in [-0.4, -0.2) is 13.2 Å². The van der Waals surface area contributed by atoms with E-state index in [0.29, 0.717) is 12.0 Å². The Hall–Kier alpha value is -1.16. The molecule has 0 saturated carbocycles. The predicted octanol–water partition coefficient (Wildman–Crippen LogP) is 1.86. The van der Waals surface area contributed by atoms with Crippen LogP contribution in [0.3, 0.4) is 0 Å². The van der Waals surface area contributed by atoms with Crippen molar-refractivity contribution < 1.29 is 13.5 Å². The molecule has 0 aromatic heterocycles. The van der Waals surface area contributed by atoms with Gasteiger partial charge in [-0.25, -0.2) is 8.78 Å². The van der Waals surface area contributed by atoms with Gasteiger partial charge in [0.25, 0.3) is 0 Å². The SMILES string of the molecule is COc1c(F)cc(CC(C)N)cc1F. The van der Waals surface area contributed by atoms with E-state index in [1.165, 1.54) is 19.2 Å². The monoisotopic (exact) mass is 201 g/mol. The minimum absolute atomic E-state index is 0.123. The molecule has 0 heterocycles. The maximum atomic E-state index is 13.2. The first-order valence-corrected chi connectivity index (χ1v) is 4.32. The standard InChI is InChI=1S/C10H13F2NO/c1-6(13)3-7-4-8(11)10(14-2)9(12)5-7/h4-6H,3,13H2,1-2H3. The number of hydrogen-bond donors (Lipinski definition) is 1. The predicted molar refractivity (Wildman–Crippen MR) is 50.3 cm³/mol. The van der Waals surface area contributed by atoms with Crippen LogP contribution in [-0.2, 0) is 6.42 Å². The summed E-state index contributed by atoms with van der Waals surface area (Å²) in [6, 6.07) is 2.36. The fraction of sp³-hybridized carbons (Fsp3) is 0.400. The Morgan fingerprint density at radius 3 is 2.21 bits per heavy atom. The molecule has 1 aromatic carbocycles. The largest absolute Gasteiger partial charge is 0.491 e. The van der Waals surface area contributed by atoms with Crippen molar-refractivity contribution in [1.82, 2.24) is 0 Å². The van der Waals surface area contributed by atoms with E-state index in [-0.39, 0.29) is 11.8 Å². The minimum Gasteiger partial charge on any atom is -0.491 e. The van der Waals surface area contributed by atoms with Crippen molar-refractivity contribution in [2.45, 2.75) is 19.4 Å². The average Bonchev–Trinajstić information content (AvgIpc) is 2.01. The van der Waals surface area contributed by atoms with Crippen LogP contribution in [0.15, 0.2) is 12.1 Å². The maximum Gasteiger partial charge on any atom is 0.190 e. The van der Waals surface area contributed by atoms with Crippen molar-refractivity contribution in [3.8, 4) is 5.75 Å². The summed E-state index contributed by atoms with van der Waals surface area (Å²) in [6.45, 7) is 1.78. The number of ether oxygens (including phenoxy) is 1. The smallest absolute Gasteiger partial charge is 0.190 e. The van der Waals surface area contributed by atoms with Crippen LogP contribution in [0.25, 0.3) is 0 Å². The Balaban J connectivity index is 3.01. The van der Waals surface area contributed by atoms with E-state index in [1.54, 1.807) is 6.92 Å². The molecule has 4 heteroatoms. The van der Waals surface area contributed by atoms with Crippen molar-refractivity contribution in [1.29, 1.82) is 0 Å². The molecule has 0 fully saturated rings. The topological polar surface area (TPSA) is 35.2 Å². The van der Waals surface area contributed by atoms with E-state index in [4.69, 9.17) is 5.73 Å². The van der Waals surface area contributed by atoms with Gasteiger partial charge in [-0.2, -0.15) is 0 Å². The molecular formula is C10H13F2NO. The van der Waals surface area contributed by atoms with Gasteiger partial charge in [0.2, 0.25) is 0 Å². The van der Waals surface area contributed by atoms with Crippen molar-refractivity contribution in [2.75, 3.05) is 7.11 Å². The molecule has 0 amide bonds. The highest BCUT2D eigenvalue weighted by atomic mass is 19.1. The van der Waals surface area contributed by atoms with Gasteiger partial charge in [-0.1, -0.05) is 0 Å². The molecule has 1 atom stereocenters. The number of halogens is 2. The average molecular weight is 201 g/mol. The lowest BCUT2D eigenvalue weighted by Crippen LogP contribution is -2.18. The lowest BCUT2D eigenvalue weighted by Gasteiger charge is -2.08. The molecule has 0 bridgehead atoms. The molecule has 0 spiro atoms. The highest BCUT2D eigenvalue weighted by Gasteiger charge is 2.11. The molecule has 0 aliphatic rings. The fourth-order valence-corrected chi connectivity index (χ4v) is 1.30. The normalized spacial score (nSPS) is 12.6. The first-order valence-electron chi connectivity index (χ1n) is 4.32. The summed E-state index contributed by atoms with van der Waals surface area (Å²) in [5.41, 5.74) is 6.06. The van der Waals surface area contributed by atoms with Gasteiger partial charge >= 0.3 is 0 Å². The van der Waals surface area contributed by atoms with E-state index in [0.717, 1.165) is 0 Å². The highest BCUT2D eigenvalue weighted by molar-refractivity contribution is 5.31. The first-order chi connectivity index (χ1) is 6.54. The Kier molecular flexibility index (Phi) is 3.41. The molecule has 1 aromatic rings. The summed E-state index contributed by atoms with van der Waals surface area (Å²) in [5.74, 6) is -1.73. The van der Waals surface area contributed by atoms with Gasteiger partial charge in [-0.15, -0.1) is 0 Å². The molecule has 1 unspecified atom stereocenters. The highest BCUT2D eigenvalue weighted by Crippen LogP contribution is 2.23. The zero-order chi connectivity index (χ0) is 10.7. The number of rotatable bonds is 3. The molecule has 2 N–H and O–H groups in total. The van der Waals surface area contributed by atoms with E-state index < -0.39 is 11.6 Å². The summed E-state index contributed by atoms with van der Waals surface area (Å²) in [7, 11) is 1.23. The fourth-order valence-electron chi connectivity index (χ4n) is 1.30. The molecule has 0 aliphatic carbocycles. The van der Waals surface area contributed by atoms with E-state index in [2.05, 4.69) is 4.74 Å². The molecular weight excluding hydrogens is 188 g/mol.